The van der Waals surface area contributed by atoms with Gasteiger partial charge in [0.15, 0.2) is 11.6 Å². The molecule has 1 unspecified atom stereocenters. The van der Waals surface area contributed by atoms with E-state index in [4.69, 9.17) is 4.74 Å². The number of aromatic amines is 1. The summed E-state index contributed by atoms with van der Waals surface area (Å²) >= 11 is 0. The highest BCUT2D eigenvalue weighted by Gasteiger charge is 2.25. The number of anilines is 1. The number of amides is 1. The highest BCUT2D eigenvalue weighted by molar-refractivity contribution is 5.89. The Hall–Kier alpha value is -3.90. The van der Waals surface area contributed by atoms with Crippen LogP contribution in [0.2, 0.25) is 0 Å². The van der Waals surface area contributed by atoms with Crippen LogP contribution >= 0.6 is 0 Å². The van der Waals surface area contributed by atoms with Crippen molar-refractivity contribution in [1.82, 2.24) is 24.8 Å². The van der Waals surface area contributed by atoms with Crippen LogP contribution in [0.25, 0.3) is 11.0 Å². The molecular formula is C25H27FN6O2. The molecule has 0 aliphatic carbocycles. The Bertz CT molecular complexity index is 1240. The lowest BCUT2D eigenvalue weighted by atomic mass is 10.2. The zero-order chi connectivity index (χ0) is 23.9. The monoisotopic (exact) mass is 462 g/mol. The number of nitrogens with zero attached hydrogens (tertiary/aromatic N) is 4. The van der Waals surface area contributed by atoms with E-state index in [-0.39, 0.29) is 24.3 Å². The summed E-state index contributed by atoms with van der Waals surface area (Å²) in [4.78, 5) is 28.1. The molecule has 1 aliphatic rings. The van der Waals surface area contributed by atoms with E-state index in [2.05, 4.69) is 32.1 Å². The fraction of sp³-hybridized carbons (Fsp3) is 0.320. The first-order valence-electron chi connectivity index (χ1n) is 11.1. The highest BCUT2D eigenvalue weighted by atomic mass is 19.1. The number of para-hydroxylation sites is 1. The van der Waals surface area contributed by atoms with E-state index in [1.54, 1.807) is 24.3 Å². The summed E-state index contributed by atoms with van der Waals surface area (Å²) in [5.74, 6) is 6.33. The number of carbonyl (C=O) groups excluding carboxylic acids is 1. The molecule has 3 aromatic rings. The van der Waals surface area contributed by atoms with E-state index in [1.807, 2.05) is 36.0 Å². The highest BCUT2D eigenvalue weighted by Crippen LogP contribution is 2.23. The van der Waals surface area contributed by atoms with Crippen LogP contribution in [0.3, 0.4) is 0 Å². The number of likely N-dealkylation sites (tertiary alicyclic amines) is 1. The van der Waals surface area contributed by atoms with Crippen LogP contribution in [0.1, 0.15) is 12.1 Å². The fourth-order valence-electron chi connectivity index (χ4n) is 3.67. The maximum absolute atomic E-state index is 13.6. The summed E-state index contributed by atoms with van der Waals surface area (Å²) in [6, 6.07) is 8.19. The van der Waals surface area contributed by atoms with Gasteiger partial charge in [-0.2, -0.15) is 0 Å². The van der Waals surface area contributed by atoms with Crippen LogP contribution < -0.4 is 10.1 Å². The molecule has 1 atom stereocenters. The number of ether oxygens (including phenoxy) is 1. The smallest absolute Gasteiger partial charge is 0.246 e. The topological polar surface area (TPSA) is 86.4 Å². The Kier molecular flexibility index (Phi) is 7.40. The summed E-state index contributed by atoms with van der Waals surface area (Å²) in [6.45, 7) is 2.10. The van der Waals surface area contributed by atoms with Gasteiger partial charge in [-0.3, -0.25) is 4.79 Å². The number of carbonyl (C=O) groups is 1. The number of hydrogen-bond donors (Lipinski definition) is 2. The Morgan fingerprint density at radius 1 is 1.38 bits per heavy atom. The number of halogens is 1. The Morgan fingerprint density at radius 3 is 3.06 bits per heavy atom. The lowest BCUT2D eigenvalue weighted by Gasteiger charge is -2.16. The van der Waals surface area contributed by atoms with E-state index in [1.165, 1.54) is 12.4 Å². The SMILES string of the molecule is CN(C)C/C=C/C(=O)N1CCC(Nc2ncnc3[nH]c(C#CCOc4ccccc4F)cc23)C1. The molecule has 3 heterocycles. The predicted molar refractivity (Wildman–Crippen MR) is 129 cm³/mol. The van der Waals surface area contributed by atoms with Crippen LogP contribution in [0.15, 0.2) is 48.8 Å². The minimum absolute atomic E-state index is 0.0239. The molecule has 2 N–H and O–H groups in total. The van der Waals surface area contributed by atoms with Gasteiger partial charge in [-0.1, -0.05) is 24.1 Å². The van der Waals surface area contributed by atoms with Gasteiger partial charge in [0.1, 0.15) is 24.4 Å². The standard InChI is InChI=1S/C25H27FN6O2/c1-31(2)12-5-10-23(33)32-13-11-19(16-32)30-25-20-15-18(29-24(20)27-17-28-25)7-6-14-34-22-9-4-3-8-21(22)26/h3-5,8-10,15,17,19H,11-14,16H2,1-2H3,(H2,27,28,29,30)/b10-5+. The van der Waals surface area contributed by atoms with E-state index >= 15 is 0 Å². The molecule has 0 bridgehead atoms. The normalized spacial score (nSPS) is 15.6. The molecule has 34 heavy (non-hydrogen) atoms. The summed E-state index contributed by atoms with van der Waals surface area (Å²) in [5.41, 5.74) is 1.32. The summed E-state index contributed by atoms with van der Waals surface area (Å²) < 4.78 is 19.0. The van der Waals surface area contributed by atoms with Gasteiger partial charge in [0.25, 0.3) is 0 Å². The van der Waals surface area contributed by atoms with E-state index in [0.29, 0.717) is 30.2 Å². The third-order valence-electron chi connectivity index (χ3n) is 5.36. The number of hydrogen-bond acceptors (Lipinski definition) is 6. The van der Waals surface area contributed by atoms with Crippen LogP contribution in [0.5, 0.6) is 5.75 Å². The van der Waals surface area contributed by atoms with Gasteiger partial charge in [0.05, 0.1) is 11.1 Å². The Balaban J connectivity index is 1.37. The predicted octanol–water partition coefficient (Wildman–Crippen LogP) is 2.66. The average Bonchev–Trinajstić information content (AvgIpc) is 3.45. The minimum Gasteiger partial charge on any atom is -0.478 e. The first-order chi connectivity index (χ1) is 16.5. The molecule has 0 saturated carbocycles. The maximum Gasteiger partial charge on any atom is 0.246 e. The number of nitrogens with one attached hydrogen (secondary N) is 2. The van der Waals surface area contributed by atoms with E-state index < -0.39 is 5.82 Å². The molecule has 8 nitrogen and oxygen atoms in total. The molecule has 1 fully saturated rings. The van der Waals surface area contributed by atoms with Gasteiger partial charge in [0.2, 0.25) is 5.91 Å². The zero-order valence-corrected chi connectivity index (χ0v) is 19.2. The first kappa shape index (κ1) is 23.3. The quantitative estimate of drug-likeness (QED) is 0.415. The van der Waals surface area contributed by atoms with Crippen LogP contribution in [0, 0.1) is 17.7 Å². The number of aromatic nitrogens is 3. The van der Waals surface area contributed by atoms with Gasteiger partial charge in [-0.05, 0) is 44.6 Å². The van der Waals surface area contributed by atoms with Gasteiger partial charge < -0.3 is 24.8 Å². The molecule has 4 rings (SSSR count). The van der Waals surface area contributed by atoms with Crippen molar-refractivity contribution < 1.29 is 13.9 Å². The molecule has 176 valence electrons. The molecule has 2 aromatic heterocycles. The van der Waals surface area contributed by atoms with Crippen molar-refractivity contribution in [1.29, 1.82) is 0 Å². The number of rotatable bonds is 7. The van der Waals surface area contributed by atoms with Crippen molar-refractivity contribution in [2.75, 3.05) is 45.7 Å². The second kappa shape index (κ2) is 10.8. The van der Waals surface area contributed by atoms with Crippen molar-refractivity contribution in [2.45, 2.75) is 12.5 Å². The first-order valence-corrected chi connectivity index (χ1v) is 11.1. The number of benzene rings is 1. The van der Waals surface area contributed by atoms with Gasteiger partial charge >= 0.3 is 0 Å². The van der Waals surface area contributed by atoms with Crippen LogP contribution in [-0.4, -0.2) is 77.0 Å². The lowest BCUT2D eigenvalue weighted by molar-refractivity contribution is -0.125. The zero-order valence-electron chi connectivity index (χ0n) is 19.2. The molecule has 1 saturated heterocycles. The van der Waals surface area contributed by atoms with Gasteiger partial charge in [-0.25, -0.2) is 14.4 Å². The Labute approximate surface area is 197 Å². The molecule has 9 heteroatoms. The maximum atomic E-state index is 13.6. The van der Waals surface area contributed by atoms with Crippen LogP contribution in [-0.2, 0) is 4.79 Å². The van der Waals surface area contributed by atoms with Gasteiger partial charge in [0, 0.05) is 31.8 Å². The minimum atomic E-state index is -0.419. The van der Waals surface area contributed by atoms with Crippen molar-refractivity contribution in [3.63, 3.8) is 0 Å². The third kappa shape index (κ3) is 5.91. The lowest BCUT2D eigenvalue weighted by Crippen LogP contribution is -2.30. The van der Waals surface area contributed by atoms with E-state index in [9.17, 15) is 9.18 Å². The Morgan fingerprint density at radius 2 is 2.24 bits per heavy atom. The molecule has 1 aromatic carbocycles. The fourth-order valence-corrected chi connectivity index (χ4v) is 3.67. The second-order valence-corrected chi connectivity index (χ2v) is 8.27. The second-order valence-electron chi connectivity index (χ2n) is 8.27. The van der Waals surface area contributed by atoms with Crippen molar-refractivity contribution >= 4 is 22.8 Å². The number of likely N-dealkylation sites (N-methyl/N-ethyl adjacent to an activating group) is 1. The number of H-pyrrole nitrogens is 1. The van der Waals surface area contributed by atoms with Crippen LogP contribution in [0.4, 0.5) is 10.2 Å². The van der Waals surface area contributed by atoms with Crippen molar-refractivity contribution in [3.8, 4) is 17.6 Å². The molecule has 1 amide bonds. The molecule has 1 aliphatic heterocycles. The van der Waals surface area contributed by atoms with Crippen molar-refractivity contribution in [2.24, 2.45) is 0 Å². The molecule has 0 radical (unpaired) electrons. The van der Waals surface area contributed by atoms with Gasteiger partial charge in [-0.15, -0.1) is 0 Å². The number of fused-ring (bicyclic) bond motifs is 1. The summed E-state index contributed by atoms with van der Waals surface area (Å²) in [5, 5.41) is 4.26. The molecular weight excluding hydrogens is 435 g/mol. The molecule has 0 spiro atoms. The van der Waals surface area contributed by atoms with Crippen molar-refractivity contribution in [3.05, 3.63) is 60.3 Å². The largest absolute Gasteiger partial charge is 0.478 e. The summed E-state index contributed by atoms with van der Waals surface area (Å²) in [7, 11) is 3.93. The average molecular weight is 463 g/mol. The summed E-state index contributed by atoms with van der Waals surface area (Å²) in [6.07, 6.45) is 5.84. The third-order valence-corrected chi connectivity index (χ3v) is 5.36. The van der Waals surface area contributed by atoms with E-state index in [0.717, 1.165) is 18.4 Å².